The molecule has 0 radical (unpaired) electrons. The van der Waals surface area contributed by atoms with Gasteiger partial charge in [-0.05, 0) is 97.1 Å². The van der Waals surface area contributed by atoms with Crippen LogP contribution in [0.4, 0.5) is 0 Å². The van der Waals surface area contributed by atoms with E-state index in [1.54, 1.807) is 0 Å². The summed E-state index contributed by atoms with van der Waals surface area (Å²) in [4.78, 5) is 11.1. The predicted octanol–water partition coefficient (Wildman–Crippen LogP) is 20.8. The molecule has 0 aliphatic rings. The summed E-state index contributed by atoms with van der Waals surface area (Å²) in [6, 6.07) is 111. The third-order valence-electron chi connectivity index (χ3n) is 18.7. The molecular weight excluding hydrogens is 1110 g/mol. The zero-order valence-corrected chi connectivity index (χ0v) is 48.9. The first kappa shape index (κ1) is 50.6. The Bertz CT molecular complexity index is 6110. The summed E-state index contributed by atoms with van der Waals surface area (Å²) in [6.07, 6.45) is 0. The number of aromatic nitrogens is 7. The van der Waals surface area contributed by atoms with Crippen molar-refractivity contribution in [3.05, 3.63) is 309 Å². The van der Waals surface area contributed by atoms with Crippen molar-refractivity contribution in [2.75, 3.05) is 0 Å². The maximum Gasteiger partial charge on any atom is 0.160 e. The Hall–Kier alpha value is -12.6. The van der Waals surface area contributed by atoms with Gasteiger partial charge in [0, 0.05) is 87.6 Å². The van der Waals surface area contributed by atoms with Gasteiger partial charge in [-0.15, -0.1) is 0 Å². The van der Waals surface area contributed by atoms with Crippen LogP contribution in [-0.4, -0.2) is 32.8 Å². The molecule has 422 valence electrons. The Labute approximate surface area is 521 Å². The van der Waals surface area contributed by atoms with Gasteiger partial charge in [0.25, 0.3) is 0 Å². The highest BCUT2D eigenvalue weighted by molar-refractivity contribution is 6.40. The van der Waals surface area contributed by atoms with Gasteiger partial charge in [0.2, 0.25) is 0 Å². The topological polar surface area (TPSA) is 74.2 Å². The number of nitriles is 1. The molecule has 0 fully saturated rings. The molecule has 0 aliphatic heterocycles. The summed E-state index contributed by atoms with van der Waals surface area (Å²) in [5.74, 6) is 0.527. The molecule has 0 saturated carbocycles. The van der Waals surface area contributed by atoms with E-state index < -0.39 is 0 Å². The van der Waals surface area contributed by atoms with Crippen molar-refractivity contribution in [2.45, 2.75) is 0 Å². The van der Waals surface area contributed by atoms with Crippen LogP contribution in [-0.2, 0) is 0 Å². The van der Waals surface area contributed by atoms with E-state index >= 15 is 0 Å². The highest BCUT2D eigenvalue weighted by Crippen LogP contribution is 2.52. The zero-order valence-electron chi connectivity index (χ0n) is 48.9. The summed E-state index contributed by atoms with van der Waals surface area (Å²) in [5, 5.41) is 23.6. The molecule has 0 amide bonds. The van der Waals surface area contributed by atoms with Crippen molar-refractivity contribution in [3.63, 3.8) is 0 Å². The van der Waals surface area contributed by atoms with Gasteiger partial charge in [-0.25, -0.2) is 9.97 Å². The number of fused-ring (bicyclic) bond motifs is 18. The molecule has 13 aromatic carbocycles. The Morgan fingerprint density at radius 3 is 1.00 bits per heavy atom. The van der Waals surface area contributed by atoms with Crippen molar-refractivity contribution < 1.29 is 0 Å². The van der Waals surface area contributed by atoms with Gasteiger partial charge in [0.15, 0.2) is 5.82 Å². The zero-order chi connectivity index (χ0) is 59.8. The molecule has 8 heteroatoms. The third kappa shape index (κ3) is 7.37. The minimum atomic E-state index is 0.493. The van der Waals surface area contributed by atoms with Crippen LogP contribution in [0.2, 0.25) is 0 Å². The lowest BCUT2D eigenvalue weighted by Crippen LogP contribution is -2.06. The first-order valence-corrected chi connectivity index (χ1v) is 30.8. The summed E-state index contributed by atoms with van der Waals surface area (Å²) in [6.45, 7) is 0. The fraction of sp³-hybridized carbons (Fsp3) is 0. The van der Waals surface area contributed by atoms with E-state index in [4.69, 9.17) is 9.97 Å². The molecule has 0 aliphatic carbocycles. The van der Waals surface area contributed by atoms with Crippen molar-refractivity contribution in [1.82, 2.24) is 32.8 Å². The van der Waals surface area contributed by atoms with Gasteiger partial charge in [0.05, 0.1) is 77.9 Å². The van der Waals surface area contributed by atoms with E-state index in [-0.39, 0.29) is 0 Å². The van der Waals surface area contributed by atoms with Crippen molar-refractivity contribution in [2.24, 2.45) is 0 Å². The minimum Gasteiger partial charge on any atom is -0.309 e. The quantitative estimate of drug-likeness (QED) is 0.152. The average Bonchev–Trinajstić information content (AvgIpc) is 1.51. The van der Waals surface area contributed by atoms with Crippen LogP contribution in [0.1, 0.15) is 5.56 Å². The maximum atomic E-state index is 12.7. The van der Waals surface area contributed by atoms with Gasteiger partial charge in [0.1, 0.15) is 11.6 Å². The SMILES string of the molecule is N#Cc1c(-n2c3ccccc3c3cc4c(cc32)c2ccccc2n4-c2ccccc2)cc(-c2nc(-c3ccccc3)cc(-c3ccccc3)n2)cc1-n1c2ccccc2c2c3c(c4ccccc4n3-c3ccccc3)c3c(c4ccccc4n3-c3ccccc3)c21. The Morgan fingerprint density at radius 2 is 0.571 bits per heavy atom. The minimum absolute atomic E-state index is 0.493. The summed E-state index contributed by atoms with van der Waals surface area (Å²) >= 11 is 0. The number of rotatable bonds is 8. The number of benzene rings is 13. The third-order valence-corrected chi connectivity index (χ3v) is 18.7. The summed E-state index contributed by atoms with van der Waals surface area (Å²) in [7, 11) is 0. The normalized spacial score (nSPS) is 11.9. The Morgan fingerprint density at radius 1 is 0.253 bits per heavy atom. The molecule has 0 N–H and O–H groups in total. The summed E-state index contributed by atoms with van der Waals surface area (Å²) in [5.41, 5.74) is 19.7. The van der Waals surface area contributed by atoms with Crippen LogP contribution in [0.15, 0.2) is 303 Å². The smallest absolute Gasteiger partial charge is 0.160 e. The molecule has 0 spiro atoms. The fourth-order valence-corrected chi connectivity index (χ4v) is 14.9. The molecule has 8 nitrogen and oxygen atoms in total. The van der Waals surface area contributed by atoms with Crippen molar-refractivity contribution in [1.29, 1.82) is 5.26 Å². The molecule has 0 unspecified atom stereocenters. The van der Waals surface area contributed by atoms with Crippen LogP contribution < -0.4 is 0 Å². The molecule has 6 heterocycles. The van der Waals surface area contributed by atoms with Gasteiger partial charge >= 0.3 is 0 Å². The first-order valence-electron chi connectivity index (χ1n) is 30.8. The number of para-hydroxylation sites is 8. The lowest BCUT2D eigenvalue weighted by atomic mass is 10.0. The van der Waals surface area contributed by atoms with Gasteiger partial charge in [-0.2, -0.15) is 5.26 Å². The number of nitrogens with zero attached hydrogens (tertiary/aromatic N) is 8. The molecule has 91 heavy (non-hydrogen) atoms. The predicted molar refractivity (Wildman–Crippen MR) is 375 cm³/mol. The molecule has 6 aromatic heterocycles. The van der Waals surface area contributed by atoms with Crippen LogP contribution in [0.25, 0.3) is 171 Å². The Kier molecular flexibility index (Phi) is 11.0. The van der Waals surface area contributed by atoms with Crippen molar-refractivity contribution in [3.8, 4) is 68.4 Å². The van der Waals surface area contributed by atoms with E-state index in [1.165, 1.54) is 0 Å². The molecule has 19 aromatic rings. The second-order valence-corrected chi connectivity index (χ2v) is 23.5. The van der Waals surface area contributed by atoms with E-state index in [1.807, 2.05) is 12.1 Å². The highest BCUT2D eigenvalue weighted by atomic mass is 15.1. The largest absolute Gasteiger partial charge is 0.309 e. The number of hydrogen-bond acceptors (Lipinski definition) is 3. The van der Waals surface area contributed by atoms with E-state index in [2.05, 4.69) is 320 Å². The van der Waals surface area contributed by atoms with E-state index in [9.17, 15) is 5.26 Å². The molecule has 0 bridgehead atoms. The maximum absolute atomic E-state index is 12.7. The summed E-state index contributed by atoms with van der Waals surface area (Å²) < 4.78 is 12.0. The van der Waals surface area contributed by atoms with E-state index in [0.29, 0.717) is 22.8 Å². The monoisotopic (exact) mass is 1160 g/mol. The molecule has 19 rings (SSSR count). The van der Waals surface area contributed by atoms with Crippen LogP contribution in [0.5, 0.6) is 0 Å². The number of hydrogen-bond donors (Lipinski definition) is 0. The Balaban J connectivity index is 1.03. The van der Waals surface area contributed by atoms with E-state index in [0.717, 1.165) is 154 Å². The highest BCUT2D eigenvalue weighted by Gasteiger charge is 2.31. The lowest BCUT2D eigenvalue weighted by Gasteiger charge is -2.19. The van der Waals surface area contributed by atoms with Crippen molar-refractivity contribution >= 4 is 109 Å². The lowest BCUT2D eigenvalue weighted by molar-refractivity contribution is 1.11. The van der Waals surface area contributed by atoms with Gasteiger partial charge < -0.3 is 22.8 Å². The fourth-order valence-electron chi connectivity index (χ4n) is 14.9. The molecule has 0 saturated heterocycles. The van der Waals surface area contributed by atoms with Crippen LogP contribution >= 0.6 is 0 Å². The van der Waals surface area contributed by atoms with Gasteiger partial charge in [-0.1, -0.05) is 206 Å². The van der Waals surface area contributed by atoms with Crippen LogP contribution in [0, 0.1) is 11.3 Å². The molecular formula is C83H50N8. The first-order chi connectivity index (χ1) is 45.2. The molecule has 0 atom stereocenters. The van der Waals surface area contributed by atoms with Gasteiger partial charge in [-0.3, -0.25) is 0 Å². The average molecular weight is 1160 g/mol. The second kappa shape index (κ2) is 19.7. The second-order valence-electron chi connectivity index (χ2n) is 23.5. The van der Waals surface area contributed by atoms with Crippen LogP contribution in [0.3, 0.4) is 0 Å². The standard InChI is InChI=1S/C83H50N8/c84-51-65-73(90-69-42-22-17-37-59(69)64-48-75-63(49-76(64)90)58-36-16-21-41-68(58)87(75)55-30-10-3-11-31-55)46-54(83-85-66(52-26-6-1-7-27-52)50-67(86-83)53-28-8-2-9-29-53)47-74(65)91-72-45-25-20-40-62(72)79-81-77(60-38-18-23-43-70(60)88(81)56-32-12-4-13-33-56)80-78(82(79)91)61-39-19-24-44-71(61)89(80)57-34-14-5-15-35-57/h1-50H.